The molecule has 0 fully saturated rings. The minimum atomic E-state index is -4.38. The van der Waals surface area contributed by atoms with E-state index in [4.69, 9.17) is 4.74 Å². The molecule has 0 radical (unpaired) electrons. The number of aliphatic hydroxyl groups excluding tert-OH is 1. The Labute approximate surface area is 120 Å². The molecule has 0 aromatic heterocycles. The Kier molecular flexibility index (Phi) is 4.53. The number of aliphatic hydroxyl groups is 1. The maximum atomic E-state index is 12.5. The van der Waals surface area contributed by atoms with E-state index >= 15 is 0 Å². The van der Waals surface area contributed by atoms with Crippen LogP contribution < -0.4 is 4.74 Å². The van der Waals surface area contributed by atoms with Crippen LogP contribution in [0.3, 0.4) is 0 Å². The van der Waals surface area contributed by atoms with Crippen LogP contribution in [-0.2, 0) is 6.18 Å². The van der Waals surface area contributed by atoms with Crippen LogP contribution in [0.1, 0.15) is 29.7 Å². The first-order valence-electron chi connectivity index (χ1n) is 6.50. The van der Waals surface area contributed by atoms with Gasteiger partial charge in [-0.25, -0.2) is 0 Å². The normalized spacial score (nSPS) is 13.0. The molecule has 1 N–H and O–H groups in total. The van der Waals surface area contributed by atoms with E-state index in [-0.39, 0.29) is 0 Å². The summed E-state index contributed by atoms with van der Waals surface area (Å²) in [6.07, 6.45) is -5.37. The molecule has 0 bridgehead atoms. The van der Waals surface area contributed by atoms with Crippen molar-refractivity contribution in [2.75, 3.05) is 6.61 Å². The Balaban J connectivity index is 2.23. The van der Waals surface area contributed by atoms with E-state index in [1.807, 2.05) is 6.92 Å². The fourth-order valence-corrected chi connectivity index (χ4v) is 1.99. The molecule has 0 spiro atoms. The van der Waals surface area contributed by atoms with Crippen molar-refractivity contribution >= 4 is 0 Å². The van der Waals surface area contributed by atoms with Crippen molar-refractivity contribution in [1.82, 2.24) is 0 Å². The number of halogens is 3. The smallest absolute Gasteiger partial charge is 0.416 e. The molecule has 0 amide bonds. The number of benzene rings is 2. The SMILES string of the molecule is CCOc1cccc(C(O)c2ccc(C(F)(F)F)cc2)c1. The lowest BCUT2D eigenvalue weighted by Gasteiger charge is -2.14. The zero-order valence-corrected chi connectivity index (χ0v) is 11.4. The Morgan fingerprint density at radius 3 is 2.29 bits per heavy atom. The van der Waals surface area contributed by atoms with Crippen LogP contribution in [0.15, 0.2) is 48.5 Å². The Morgan fingerprint density at radius 2 is 1.71 bits per heavy atom. The molecule has 0 heterocycles. The maximum Gasteiger partial charge on any atom is 0.416 e. The predicted octanol–water partition coefficient (Wildman–Crippen LogP) is 4.19. The molecule has 0 saturated carbocycles. The minimum absolute atomic E-state index is 0.400. The van der Waals surface area contributed by atoms with Crippen molar-refractivity contribution in [2.24, 2.45) is 0 Å². The number of rotatable bonds is 4. The molecule has 2 aromatic carbocycles. The maximum absolute atomic E-state index is 12.5. The quantitative estimate of drug-likeness (QED) is 0.917. The highest BCUT2D eigenvalue weighted by atomic mass is 19.4. The van der Waals surface area contributed by atoms with Gasteiger partial charge in [0.25, 0.3) is 0 Å². The second-order valence-corrected chi connectivity index (χ2v) is 4.53. The van der Waals surface area contributed by atoms with Crippen LogP contribution >= 0.6 is 0 Å². The predicted molar refractivity (Wildman–Crippen MR) is 73.1 cm³/mol. The fourth-order valence-electron chi connectivity index (χ4n) is 1.99. The summed E-state index contributed by atoms with van der Waals surface area (Å²) in [6, 6.07) is 11.3. The molecule has 0 aliphatic rings. The minimum Gasteiger partial charge on any atom is -0.494 e. The van der Waals surface area contributed by atoms with Crippen molar-refractivity contribution in [3.05, 3.63) is 65.2 Å². The van der Waals surface area contributed by atoms with Gasteiger partial charge in [0, 0.05) is 0 Å². The van der Waals surface area contributed by atoms with E-state index in [0.29, 0.717) is 23.5 Å². The van der Waals surface area contributed by atoms with E-state index in [1.165, 1.54) is 12.1 Å². The molecule has 0 aliphatic carbocycles. The Morgan fingerprint density at radius 1 is 1.05 bits per heavy atom. The van der Waals surface area contributed by atoms with Crippen molar-refractivity contribution in [2.45, 2.75) is 19.2 Å². The summed E-state index contributed by atoms with van der Waals surface area (Å²) in [5.41, 5.74) is 0.235. The molecule has 1 unspecified atom stereocenters. The summed E-state index contributed by atoms with van der Waals surface area (Å²) in [7, 11) is 0. The third-order valence-electron chi connectivity index (χ3n) is 3.04. The lowest BCUT2D eigenvalue weighted by molar-refractivity contribution is -0.137. The summed E-state index contributed by atoms with van der Waals surface area (Å²) in [5, 5.41) is 10.2. The standard InChI is InChI=1S/C16H15F3O2/c1-2-21-14-5-3-4-12(10-14)15(20)11-6-8-13(9-7-11)16(17,18)19/h3-10,15,20H,2H2,1H3. The topological polar surface area (TPSA) is 29.5 Å². The Hall–Kier alpha value is -2.01. The van der Waals surface area contributed by atoms with Crippen LogP contribution in [0.2, 0.25) is 0 Å². The first kappa shape index (κ1) is 15.4. The van der Waals surface area contributed by atoms with Crippen LogP contribution in [0.25, 0.3) is 0 Å². The van der Waals surface area contributed by atoms with E-state index in [2.05, 4.69) is 0 Å². The molecule has 2 rings (SSSR count). The molecule has 0 saturated heterocycles. The molecule has 2 aromatic rings. The summed E-state index contributed by atoms with van der Waals surface area (Å²) < 4.78 is 42.8. The summed E-state index contributed by atoms with van der Waals surface area (Å²) in [5.74, 6) is 0.612. The first-order valence-corrected chi connectivity index (χ1v) is 6.50. The highest BCUT2D eigenvalue weighted by molar-refractivity contribution is 5.36. The van der Waals surface area contributed by atoms with Crippen molar-refractivity contribution in [1.29, 1.82) is 0 Å². The second kappa shape index (κ2) is 6.18. The van der Waals surface area contributed by atoms with E-state index in [0.717, 1.165) is 12.1 Å². The lowest BCUT2D eigenvalue weighted by Crippen LogP contribution is -2.06. The number of ether oxygens (including phenoxy) is 1. The summed E-state index contributed by atoms with van der Waals surface area (Å²) in [4.78, 5) is 0. The lowest BCUT2D eigenvalue weighted by atomic mass is 10.00. The van der Waals surface area contributed by atoms with Crippen molar-refractivity contribution in [3.8, 4) is 5.75 Å². The number of alkyl halides is 3. The van der Waals surface area contributed by atoms with Crippen molar-refractivity contribution < 1.29 is 23.0 Å². The molecule has 5 heteroatoms. The van der Waals surface area contributed by atoms with E-state index in [1.54, 1.807) is 24.3 Å². The average Bonchev–Trinajstić information content (AvgIpc) is 2.46. The summed E-state index contributed by atoms with van der Waals surface area (Å²) in [6.45, 7) is 2.35. The highest BCUT2D eigenvalue weighted by Crippen LogP contribution is 2.31. The molecule has 112 valence electrons. The van der Waals surface area contributed by atoms with Gasteiger partial charge in [-0.05, 0) is 42.3 Å². The first-order chi connectivity index (χ1) is 9.91. The van der Waals surface area contributed by atoms with Gasteiger partial charge in [0.1, 0.15) is 11.9 Å². The van der Waals surface area contributed by atoms with Gasteiger partial charge in [-0.15, -0.1) is 0 Å². The van der Waals surface area contributed by atoms with Gasteiger partial charge in [-0.1, -0.05) is 24.3 Å². The molecule has 0 aliphatic heterocycles. The van der Waals surface area contributed by atoms with Gasteiger partial charge in [0.15, 0.2) is 0 Å². The van der Waals surface area contributed by atoms with Crippen LogP contribution in [0.4, 0.5) is 13.2 Å². The molecule has 21 heavy (non-hydrogen) atoms. The largest absolute Gasteiger partial charge is 0.494 e. The van der Waals surface area contributed by atoms with Crippen LogP contribution in [0.5, 0.6) is 5.75 Å². The Bertz CT molecular complexity index is 591. The van der Waals surface area contributed by atoms with Gasteiger partial charge in [-0.3, -0.25) is 0 Å². The van der Waals surface area contributed by atoms with Crippen LogP contribution in [-0.4, -0.2) is 11.7 Å². The third kappa shape index (κ3) is 3.76. The molecule has 2 nitrogen and oxygen atoms in total. The van der Waals surface area contributed by atoms with Gasteiger partial charge in [0.2, 0.25) is 0 Å². The zero-order valence-electron chi connectivity index (χ0n) is 11.4. The molecule has 1 atom stereocenters. The summed E-state index contributed by atoms with van der Waals surface area (Å²) >= 11 is 0. The van der Waals surface area contributed by atoms with E-state index < -0.39 is 17.8 Å². The number of hydrogen-bond donors (Lipinski definition) is 1. The average molecular weight is 296 g/mol. The third-order valence-corrected chi connectivity index (χ3v) is 3.04. The van der Waals surface area contributed by atoms with Gasteiger partial charge in [0.05, 0.1) is 12.2 Å². The van der Waals surface area contributed by atoms with E-state index in [9.17, 15) is 18.3 Å². The monoisotopic (exact) mass is 296 g/mol. The van der Waals surface area contributed by atoms with Crippen molar-refractivity contribution in [3.63, 3.8) is 0 Å². The second-order valence-electron chi connectivity index (χ2n) is 4.53. The van der Waals surface area contributed by atoms with Gasteiger partial charge in [-0.2, -0.15) is 13.2 Å². The number of hydrogen-bond acceptors (Lipinski definition) is 2. The molecular weight excluding hydrogens is 281 g/mol. The van der Waals surface area contributed by atoms with Gasteiger partial charge >= 0.3 is 6.18 Å². The fraction of sp³-hybridized carbons (Fsp3) is 0.250. The van der Waals surface area contributed by atoms with Gasteiger partial charge < -0.3 is 9.84 Å². The van der Waals surface area contributed by atoms with Crippen LogP contribution in [0, 0.1) is 0 Å². The zero-order chi connectivity index (χ0) is 15.5. The highest BCUT2D eigenvalue weighted by Gasteiger charge is 2.30. The molecular formula is C16H15F3O2.